The highest BCUT2D eigenvalue weighted by Gasteiger charge is 2.11. The van der Waals surface area contributed by atoms with Crippen LogP contribution in [0.25, 0.3) is 39.3 Å². The van der Waals surface area contributed by atoms with Crippen LogP contribution in [-0.4, -0.2) is 10.1 Å². The summed E-state index contributed by atoms with van der Waals surface area (Å²) in [5.41, 5.74) is 7.71. The van der Waals surface area contributed by atoms with Crippen molar-refractivity contribution in [3.05, 3.63) is 103 Å². The van der Waals surface area contributed by atoms with E-state index in [9.17, 15) is 0 Å². The maximum Gasteiger partial charge on any atom is 0.167 e. The first-order chi connectivity index (χ1) is 14.8. The predicted octanol–water partition coefficient (Wildman–Crippen LogP) is 7.05. The largest absolute Gasteiger partial charge is 0.356 e. The van der Waals surface area contributed by atoms with Crippen LogP contribution < -0.4 is 0 Å². The lowest BCUT2D eigenvalue weighted by Gasteiger charge is -2.12. The van der Waals surface area contributed by atoms with Gasteiger partial charge in [0.15, 0.2) is 5.76 Å². The first kappa shape index (κ1) is 18.3. The molecule has 5 rings (SSSR count). The number of hydrogen-bond acceptors (Lipinski definition) is 3. The van der Waals surface area contributed by atoms with Crippen molar-refractivity contribution >= 4 is 5.57 Å². The Hall–Kier alpha value is -3.72. The number of aromatic nitrogens is 2. The van der Waals surface area contributed by atoms with Crippen LogP contribution >= 0.6 is 0 Å². The van der Waals surface area contributed by atoms with Gasteiger partial charge in [-0.15, -0.1) is 0 Å². The lowest BCUT2D eigenvalue weighted by atomic mass is 9.93. The van der Waals surface area contributed by atoms with Gasteiger partial charge in [-0.2, -0.15) is 0 Å². The summed E-state index contributed by atoms with van der Waals surface area (Å²) < 4.78 is 5.64. The first-order valence-electron chi connectivity index (χ1n) is 10.2. The van der Waals surface area contributed by atoms with Crippen molar-refractivity contribution in [2.75, 3.05) is 0 Å². The standard InChI is InChI=1S/C27H22N2O/c1-19-3-2-4-25(17-19)21-7-11-24(12-8-21)27-18-26(29-30-27)23-9-5-20(6-10-23)22-13-15-28-16-14-22/h2,4-19H,3H2,1H3. The number of pyridine rings is 1. The Kier molecular flexibility index (Phi) is 4.86. The molecular weight excluding hydrogens is 368 g/mol. The van der Waals surface area contributed by atoms with Crippen molar-refractivity contribution in [3.63, 3.8) is 0 Å². The summed E-state index contributed by atoms with van der Waals surface area (Å²) in [6, 6.07) is 22.8. The van der Waals surface area contributed by atoms with Crippen molar-refractivity contribution in [2.24, 2.45) is 5.92 Å². The molecule has 2 aromatic heterocycles. The summed E-state index contributed by atoms with van der Waals surface area (Å²) in [6.45, 7) is 2.25. The molecule has 1 unspecified atom stereocenters. The molecule has 0 saturated heterocycles. The average molecular weight is 390 g/mol. The van der Waals surface area contributed by atoms with Crippen molar-refractivity contribution in [3.8, 4) is 33.7 Å². The van der Waals surface area contributed by atoms with E-state index in [2.05, 4.69) is 83.8 Å². The zero-order chi connectivity index (χ0) is 20.3. The molecule has 0 radical (unpaired) electrons. The van der Waals surface area contributed by atoms with Crippen molar-refractivity contribution in [1.82, 2.24) is 10.1 Å². The fourth-order valence-electron chi connectivity index (χ4n) is 3.78. The highest BCUT2D eigenvalue weighted by molar-refractivity contribution is 5.77. The number of benzene rings is 2. The van der Waals surface area contributed by atoms with Crippen LogP contribution in [0, 0.1) is 5.92 Å². The third-order valence-corrected chi connectivity index (χ3v) is 5.48. The van der Waals surface area contributed by atoms with Crippen LogP contribution in [0.4, 0.5) is 0 Å². The van der Waals surface area contributed by atoms with Crippen LogP contribution in [0.3, 0.4) is 0 Å². The molecule has 0 aliphatic heterocycles. The Morgan fingerprint density at radius 2 is 1.40 bits per heavy atom. The quantitative estimate of drug-likeness (QED) is 0.375. The Morgan fingerprint density at radius 1 is 0.767 bits per heavy atom. The third kappa shape index (κ3) is 3.74. The summed E-state index contributed by atoms with van der Waals surface area (Å²) in [6.07, 6.45) is 11.5. The molecule has 0 amide bonds. The van der Waals surface area contributed by atoms with Crippen molar-refractivity contribution in [2.45, 2.75) is 13.3 Å². The lowest BCUT2D eigenvalue weighted by molar-refractivity contribution is 0.435. The number of allylic oxidation sites excluding steroid dienone is 4. The van der Waals surface area contributed by atoms with Gasteiger partial charge in [0.2, 0.25) is 0 Å². The molecule has 0 N–H and O–H groups in total. The summed E-state index contributed by atoms with van der Waals surface area (Å²) in [5, 5.41) is 4.28. The Labute approximate surface area is 176 Å². The second-order valence-electron chi connectivity index (χ2n) is 7.70. The van der Waals surface area contributed by atoms with E-state index in [4.69, 9.17) is 4.52 Å². The van der Waals surface area contributed by atoms with E-state index >= 15 is 0 Å². The molecule has 3 nitrogen and oxygen atoms in total. The molecule has 1 atom stereocenters. The Balaban J connectivity index is 1.36. The highest BCUT2D eigenvalue weighted by Crippen LogP contribution is 2.30. The Bertz CT molecular complexity index is 1200. The SMILES string of the molecule is CC1C=C(c2ccc(-c3cc(-c4ccc(-c5ccncc5)cc4)no3)cc2)C=CC1. The second-order valence-corrected chi connectivity index (χ2v) is 7.70. The second kappa shape index (κ2) is 7.96. The van der Waals surface area contributed by atoms with E-state index in [1.807, 2.05) is 18.2 Å². The van der Waals surface area contributed by atoms with E-state index in [-0.39, 0.29) is 0 Å². The molecule has 1 aliphatic rings. The van der Waals surface area contributed by atoms with Gasteiger partial charge in [-0.05, 0) is 46.7 Å². The van der Waals surface area contributed by atoms with Crippen LogP contribution in [0.15, 0.2) is 102 Å². The minimum atomic E-state index is 0.589. The van der Waals surface area contributed by atoms with E-state index in [0.717, 1.165) is 40.1 Å². The normalized spacial score (nSPS) is 15.8. The van der Waals surface area contributed by atoms with E-state index < -0.39 is 0 Å². The molecule has 1 aliphatic carbocycles. The van der Waals surface area contributed by atoms with Crippen LogP contribution in [0.1, 0.15) is 18.9 Å². The van der Waals surface area contributed by atoms with E-state index in [1.54, 1.807) is 12.4 Å². The fraction of sp³-hybridized carbons (Fsp3) is 0.111. The van der Waals surface area contributed by atoms with Gasteiger partial charge in [0, 0.05) is 29.6 Å². The van der Waals surface area contributed by atoms with Crippen molar-refractivity contribution in [1.29, 1.82) is 0 Å². The minimum absolute atomic E-state index is 0.589. The van der Waals surface area contributed by atoms with Gasteiger partial charge in [-0.1, -0.05) is 78.8 Å². The molecule has 0 fully saturated rings. The zero-order valence-electron chi connectivity index (χ0n) is 16.8. The van der Waals surface area contributed by atoms with Gasteiger partial charge >= 0.3 is 0 Å². The van der Waals surface area contributed by atoms with Gasteiger partial charge in [0.25, 0.3) is 0 Å². The van der Waals surface area contributed by atoms with Gasteiger partial charge in [0.05, 0.1) is 0 Å². The minimum Gasteiger partial charge on any atom is -0.356 e. The topological polar surface area (TPSA) is 38.9 Å². The molecule has 2 heterocycles. The van der Waals surface area contributed by atoms with Gasteiger partial charge in [-0.25, -0.2) is 0 Å². The fourth-order valence-corrected chi connectivity index (χ4v) is 3.78. The van der Waals surface area contributed by atoms with Crippen LogP contribution in [0.5, 0.6) is 0 Å². The van der Waals surface area contributed by atoms with Gasteiger partial charge in [-0.3, -0.25) is 4.98 Å². The lowest BCUT2D eigenvalue weighted by Crippen LogP contribution is -1.94. The number of nitrogens with zero attached hydrogens (tertiary/aromatic N) is 2. The predicted molar refractivity (Wildman–Crippen MR) is 122 cm³/mol. The van der Waals surface area contributed by atoms with E-state index in [0.29, 0.717) is 5.92 Å². The molecule has 146 valence electrons. The first-order valence-corrected chi connectivity index (χ1v) is 10.2. The molecule has 30 heavy (non-hydrogen) atoms. The van der Waals surface area contributed by atoms with Crippen molar-refractivity contribution < 1.29 is 4.52 Å². The van der Waals surface area contributed by atoms with Crippen LogP contribution in [0.2, 0.25) is 0 Å². The Morgan fingerprint density at radius 3 is 2.13 bits per heavy atom. The van der Waals surface area contributed by atoms with Crippen LogP contribution in [-0.2, 0) is 0 Å². The summed E-state index contributed by atoms with van der Waals surface area (Å²) >= 11 is 0. The van der Waals surface area contributed by atoms with Gasteiger partial charge < -0.3 is 4.52 Å². The molecule has 0 spiro atoms. The smallest absolute Gasteiger partial charge is 0.167 e. The molecule has 0 saturated carbocycles. The summed E-state index contributed by atoms with van der Waals surface area (Å²) in [5.74, 6) is 1.36. The maximum absolute atomic E-state index is 5.64. The summed E-state index contributed by atoms with van der Waals surface area (Å²) in [4.78, 5) is 4.07. The zero-order valence-corrected chi connectivity index (χ0v) is 16.8. The molecule has 2 aromatic carbocycles. The molecule has 0 bridgehead atoms. The van der Waals surface area contributed by atoms with Gasteiger partial charge in [0.1, 0.15) is 5.69 Å². The maximum atomic E-state index is 5.64. The molecular formula is C27H22N2O. The highest BCUT2D eigenvalue weighted by atomic mass is 16.5. The van der Waals surface area contributed by atoms with E-state index in [1.165, 1.54) is 11.1 Å². The molecule has 3 heteroatoms. The third-order valence-electron chi connectivity index (χ3n) is 5.48. The average Bonchev–Trinajstić information content (AvgIpc) is 3.30. The molecule has 4 aromatic rings. The number of rotatable bonds is 4. The monoisotopic (exact) mass is 390 g/mol. The number of hydrogen-bond donors (Lipinski definition) is 0. The summed E-state index contributed by atoms with van der Waals surface area (Å²) in [7, 11) is 0.